The van der Waals surface area contributed by atoms with Crippen molar-refractivity contribution in [3.05, 3.63) is 23.3 Å². The number of fused-ring (bicyclic) bond motifs is 1. The summed E-state index contributed by atoms with van der Waals surface area (Å²) >= 11 is 0. The van der Waals surface area contributed by atoms with Crippen molar-refractivity contribution < 1.29 is 22.7 Å². The van der Waals surface area contributed by atoms with Crippen molar-refractivity contribution in [3.8, 4) is 11.5 Å². The summed E-state index contributed by atoms with van der Waals surface area (Å²) in [7, 11) is -3.50. The average Bonchev–Trinajstić information content (AvgIpc) is 2.77. The van der Waals surface area contributed by atoms with E-state index in [1.54, 1.807) is 11.8 Å². The summed E-state index contributed by atoms with van der Waals surface area (Å²) in [6.07, 6.45) is 6.76. The summed E-state index contributed by atoms with van der Waals surface area (Å²) in [5.41, 5.74) is 2.15. The highest BCUT2D eigenvalue weighted by atomic mass is 32.2. The van der Waals surface area contributed by atoms with Gasteiger partial charge in [-0.3, -0.25) is 4.79 Å². The number of ether oxygens (including phenoxy) is 2. The molecule has 2 atom stereocenters. The third kappa shape index (κ3) is 7.88. The van der Waals surface area contributed by atoms with Crippen LogP contribution >= 0.6 is 0 Å². The van der Waals surface area contributed by atoms with E-state index in [4.69, 9.17) is 9.47 Å². The van der Waals surface area contributed by atoms with Crippen molar-refractivity contribution in [3.63, 3.8) is 0 Å². The Morgan fingerprint density at radius 2 is 1.67 bits per heavy atom. The van der Waals surface area contributed by atoms with E-state index in [9.17, 15) is 13.2 Å². The van der Waals surface area contributed by atoms with E-state index in [-0.39, 0.29) is 17.7 Å². The Morgan fingerprint density at radius 3 is 2.30 bits per heavy atom. The molecule has 188 valence electrons. The molecule has 0 aromatic heterocycles. The summed E-state index contributed by atoms with van der Waals surface area (Å²) in [5.74, 6) is 1.26. The maximum absolute atomic E-state index is 13.2. The molecule has 2 rings (SSSR count). The zero-order valence-electron chi connectivity index (χ0n) is 21.0. The first-order valence-corrected chi connectivity index (χ1v) is 14.1. The SMILES string of the molecule is CCCCCCCCS(=O)(=O)NC(C)C(=O)N1CCc2cc(OCC)c(OCC)cc2C1C. The molecule has 33 heavy (non-hydrogen) atoms. The lowest BCUT2D eigenvalue weighted by molar-refractivity contribution is -0.135. The van der Waals surface area contributed by atoms with Gasteiger partial charge in [0.2, 0.25) is 15.9 Å². The molecule has 1 aliphatic rings. The molecule has 0 radical (unpaired) electrons. The maximum atomic E-state index is 13.2. The van der Waals surface area contributed by atoms with Crippen LogP contribution in [0.25, 0.3) is 0 Å². The van der Waals surface area contributed by atoms with E-state index in [0.29, 0.717) is 38.3 Å². The number of nitrogens with zero attached hydrogens (tertiary/aromatic N) is 1. The van der Waals surface area contributed by atoms with Gasteiger partial charge in [-0.05, 0) is 63.8 Å². The molecule has 1 aliphatic heterocycles. The topological polar surface area (TPSA) is 84.9 Å². The van der Waals surface area contributed by atoms with Crippen LogP contribution in [0.1, 0.15) is 90.3 Å². The second-order valence-corrected chi connectivity index (χ2v) is 10.6. The van der Waals surface area contributed by atoms with Gasteiger partial charge in [-0.2, -0.15) is 0 Å². The average molecular weight is 483 g/mol. The number of nitrogens with one attached hydrogen (secondary N) is 1. The van der Waals surface area contributed by atoms with Gasteiger partial charge in [-0.15, -0.1) is 0 Å². The van der Waals surface area contributed by atoms with Crippen LogP contribution < -0.4 is 14.2 Å². The highest BCUT2D eigenvalue weighted by molar-refractivity contribution is 7.89. The van der Waals surface area contributed by atoms with Crippen molar-refractivity contribution in [2.24, 2.45) is 0 Å². The van der Waals surface area contributed by atoms with Crippen LogP contribution in [0.3, 0.4) is 0 Å². The molecule has 1 N–H and O–H groups in total. The Kier molecular flexibility index (Phi) is 11.0. The summed E-state index contributed by atoms with van der Waals surface area (Å²) in [6, 6.07) is 2.99. The molecule has 0 saturated carbocycles. The third-order valence-electron chi connectivity index (χ3n) is 6.12. The van der Waals surface area contributed by atoms with Gasteiger partial charge >= 0.3 is 0 Å². The number of hydrogen-bond donors (Lipinski definition) is 1. The molecule has 0 bridgehead atoms. The number of amides is 1. The monoisotopic (exact) mass is 482 g/mol. The van der Waals surface area contributed by atoms with Gasteiger partial charge in [0.1, 0.15) is 0 Å². The number of unbranched alkanes of at least 4 members (excludes halogenated alkanes) is 5. The van der Waals surface area contributed by atoms with Crippen molar-refractivity contribution >= 4 is 15.9 Å². The lowest BCUT2D eigenvalue weighted by Gasteiger charge is -2.37. The Hall–Kier alpha value is -1.80. The summed E-state index contributed by atoms with van der Waals surface area (Å²) < 4.78 is 39.1. The molecule has 1 heterocycles. The van der Waals surface area contributed by atoms with Crippen LogP contribution in [0.5, 0.6) is 11.5 Å². The Balaban J connectivity index is 2.02. The molecule has 0 aliphatic carbocycles. The minimum absolute atomic E-state index is 0.0626. The van der Waals surface area contributed by atoms with Gasteiger partial charge in [-0.25, -0.2) is 13.1 Å². The first kappa shape index (κ1) is 27.4. The van der Waals surface area contributed by atoms with E-state index < -0.39 is 16.1 Å². The van der Waals surface area contributed by atoms with Crippen LogP contribution in [0, 0.1) is 0 Å². The Bertz CT molecular complexity index is 872. The number of hydrogen-bond acceptors (Lipinski definition) is 5. The van der Waals surface area contributed by atoms with E-state index in [1.165, 1.54) is 12.8 Å². The fourth-order valence-corrected chi connectivity index (χ4v) is 5.70. The lowest BCUT2D eigenvalue weighted by atomic mass is 9.92. The first-order valence-electron chi connectivity index (χ1n) is 12.5. The van der Waals surface area contributed by atoms with Gasteiger partial charge < -0.3 is 14.4 Å². The minimum Gasteiger partial charge on any atom is -0.490 e. The third-order valence-corrected chi connectivity index (χ3v) is 7.66. The van der Waals surface area contributed by atoms with Gasteiger partial charge in [0.05, 0.1) is 31.1 Å². The smallest absolute Gasteiger partial charge is 0.240 e. The van der Waals surface area contributed by atoms with Crippen molar-refractivity contribution in [1.82, 2.24) is 9.62 Å². The lowest BCUT2D eigenvalue weighted by Crippen LogP contribution is -2.50. The molecule has 0 saturated heterocycles. The van der Waals surface area contributed by atoms with Gasteiger partial charge in [0.15, 0.2) is 11.5 Å². The highest BCUT2D eigenvalue weighted by Crippen LogP contribution is 2.38. The Morgan fingerprint density at radius 1 is 1.06 bits per heavy atom. The van der Waals surface area contributed by atoms with Crippen molar-refractivity contribution in [2.75, 3.05) is 25.5 Å². The minimum atomic E-state index is -3.50. The van der Waals surface area contributed by atoms with E-state index in [2.05, 4.69) is 11.6 Å². The fraction of sp³-hybridized carbons (Fsp3) is 0.720. The number of carbonyl (C=O) groups is 1. The van der Waals surface area contributed by atoms with Crippen LogP contribution in [0.15, 0.2) is 12.1 Å². The predicted molar refractivity (Wildman–Crippen MR) is 132 cm³/mol. The zero-order valence-corrected chi connectivity index (χ0v) is 21.8. The standard InChI is InChI=1S/C25H42N2O5S/c1-6-9-10-11-12-13-16-33(29,30)26-19(4)25(28)27-15-14-21-17-23(31-7-2)24(32-8-3)18-22(21)20(27)5/h17-20,26H,6-16H2,1-5H3. The molecule has 2 unspecified atom stereocenters. The number of rotatable bonds is 14. The second-order valence-electron chi connectivity index (χ2n) is 8.75. The Labute approximate surface area is 200 Å². The van der Waals surface area contributed by atoms with E-state index >= 15 is 0 Å². The largest absolute Gasteiger partial charge is 0.490 e. The second kappa shape index (κ2) is 13.2. The number of benzene rings is 1. The van der Waals surface area contributed by atoms with E-state index in [1.807, 2.05) is 32.9 Å². The van der Waals surface area contributed by atoms with Gasteiger partial charge in [0, 0.05) is 6.54 Å². The number of carbonyl (C=O) groups excluding carboxylic acids is 1. The summed E-state index contributed by atoms with van der Waals surface area (Å²) in [6.45, 7) is 11.2. The molecule has 1 aromatic carbocycles. The zero-order chi connectivity index (χ0) is 24.4. The number of sulfonamides is 1. The fourth-order valence-electron chi connectivity index (χ4n) is 4.36. The summed E-state index contributed by atoms with van der Waals surface area (Å²) in [5, 5.41) is 0. The quantitative estimate of drug-likeness (QED) is 0.392. The maximum Gasteiger partial charge on any atom is 0.240 e. The molecule has 0 fully saturated rings. The first-order chi connectivity index (χ1) is 15.7. The van der Waals surface area contributed by atoms with E-state index in [0.717, 1.165) is 36.1 Å². The van der Waals surface area contributed by atoms with Gasteiger partial charge in [-0.1, -0.05) is 39.0 Å². The highest BCUT2D eigenvalue weighted by Gasteiger charge is 2.32. The summed E-state index contributed by atoms with van der Waals surface area (Å²) in [4.78, 5) is 14.9. The van der Waals surface area contributed by atoms with Crippen LogP contribution in [0.2, 0.25) is 0 Å². The molecule has 8 heteroatoms. The molecular formula is C25H42N2O5S. The molecule has 0 spiro atoms. The van der Waals surface area contributed by atoms with Crippen LogP contribution in [0.4, 0.5) is 0 Å². The van der Waals surface area contributed by atoms with Crippen molar-refractivity contribution in [1.29, 1.82) is 0 Å². The normalized spacial score (nSPS) is 16.9. The van der Waals surface area contributed by atoms with Crippen LogP contribution in [-0.4, -0.2) is 50.8 Å². The molecule has 7 nitrogen and oxygen atoms in total. The van der Waals surface area contributed by atoms with Gasteiger partial charge in [0.25, 0.3) is 0 Å². The van der Waals surface area contributed by atoms with Crippen LogP contribution in [-0.2, 0) is 21.2 Å². The predicted octanol–water partition coefficient (Wildman–Crippen LogP) is 4.60. The molecule has 1 aromatic rings. The molecule has 1 amide bonds. The molecular weight excluding hydrogens is 440 g/mol. The van der Waals surface area contributed by atoms with Crippen molar-refractivity contribution in [2.45, 2.75) is 91.6 Å².